The van der Waals surface area contributed by atoms with Crippen LogP contribution in [0, 0.1) is 0 Å². The number of nitrogens with zero attached hydrogens (tertiary/aromatic N) is 2. The average molecular weight is 333 g/mol. The van der Waals surface area contributed by atoms with Crippen LogP contribution in [0.5, 0.6) is 0 Å². The number of rotatable bonds is 4. The number of likely N-dealkylation sites (N-methyl/N-ethyl adjacent to an activating group) is 1. The number of hydrogen-bond acceptors (Lipinski definition) is 2. The summed E-state index contributed by atoms with van der Waals surface area (Å²) in [5, 5.41) is 4.36. The fourth-order valence-electron chi connectivity index (χ4n) is 2.47. The van der Waals surface area contributed by atoms with Crippen LogP contribution >= 0.6 is 15.9 Å². The summed E-state index contributed by atoms with van der Waals surface area (Å²) in [6, 6.07) is 8.39. The highest BCUT2D eigenvalue weighted by Crippen LogP contribution is 2.33. The largest absolute Gasteiger partial charge is 0.350 e. The molecule has 5 heteroatoms. The fraction of sp³-hybridized carbons (Fsp3) is 0.267. The number of fused-ring (bicyclic) bond motifs is 1. The predicted octanol–water partition coefficient (Wildman–Crippen LogP) is 3.09. The van der Waals surface area contributed by atoms with Crippen LogP contribution < -0.4 is 5.32 Å². The van der Waals surface area contributed by atoms with Crippen LogP contribution in [0.3, 0.4) is 0 Å². The molecule has 2 aromatic heterocycles. The molecule has 0 amide bonds. The second-order valence-corrected chi connectivity index (χ2v) is 5.66. The van der Waals surface area contributed by atoms with Gasteiger partial charge in [0.1, 0.15) is 16.1 Å². The molecule has 0 atom stereocenters. The van der Waals surface area contributed by atoms with Crippen molar-refractivity contribution in [2.45, 2.75) is 6.42 Å². The molecule has 3 rings (SSSR count). The number of aromatic amines is 1. The lowest BCUT2D eigenvalue weighted by atomic mass is 10.1. The first-order valence-corrected chi connectivity index (χ1v) is 7.43. The Morgan fingerprint density at radius 1 is 1.35 bits per heavy atom. The van der Waals surface area contributed by atoms with E-state index in [9.17, 15) is 0 Å². The summed E-state index contributed by atoms with van der Waals surface area (Å²) in [6.07, 6.45) is 3.02. The van der Waals surface area contributed by atoms with E-state index in [-0.39, 0.29) is 0 Å². The summed E-state index contributed by atoms with van der Waals surface area (Å²) in [7, 11) is 4.01. The minimum atomic E-state index is 0.889. The van der Waals surface area contributed by atoms with Crippen LogP contribution in [0.1, 0.15) is 5.82 Å². The third kappa shape index (κ3) is 2.27. The summed E-state index contributed by atoms with van der Waals surface area (Å²) < 4.78 is 3.08. The van der Waals surface area contributed by atoms with E-state index in [0.29, 0.717) is 0 Å². The van der Waals surface area contributed by atoms with Gasteiger partial charge in [0.05, 0.1) is 0 Å². The van der Waals surface area contributed by atoms with Crippen LogP contribution in [0.15, 0.2) is 35.1 Å². The zero-order valence-electron chi connectivity index (χ0n) is 11.6. The number of hydrogen-bond donors (Lipinski definition) is 2. The highest BCUT2D eigenvalue weighted by Gasteiger charge is 2.15. The number of H-pyrrole nitrogens is 1. The van der Waals surface area contributed by atoms with Crippen molar-refractivity contribution in [2.75, 3.05) is 13.6 Å². The SMILES string of the molecule is CNCCc1nc(-c2cn(C)c3ccccc23)c(Br)[nH]1. The monoisotopic (exact) mass is 332 g/mol. The fourth-order valence-corrected chi connectivity index (χ4v) is 3.00. The van der Waals surface area contributed by atoms with E-state index in [4.69, 9.17) is 4.98 Å². The minimum absolute atomic E-state index is 0.889. The van der Waals surface area contributed by atoms with Crippen molar-refractivity contribution >= 4 is 26.8 Å². The normalized spacial score (nSPS) is 11.3. The summed E-state index contributed by atoms with van der Waals surface area (Å²) in [5.41, 5.74) is 3.35. The van der Waals surface area contributed by atoms with E-state index in [1.807, 2.05) is 7.05 Å². The maximum absolute atomic E-state index is 4.73. The lowest BCUT2D eigenvalue weighted by molar-refractivity contribution is 0.764. The number of halogens is 1. The second-order valence-electron chi connectivity index (χ2n) is 4.87. The molecule has 1 aromatic carbocycles. The van der Waals surface area contributed by atoms with Gasteiger partial charge in [0.15, 0.2) is 0 Å². The minimum Gasteiger partial charge on any atom is -0.350 e. The highest BCUT2D eigenvalue weighted by molar-refractivity contribution is 9.10. The first kappa shape index (κ1) is 13.4. The van der Waals surface area contributed by atoms with Gasteiger partial charge in [0, 0.05) is 42.7 Å². The Balaban J connectivity index is 2.09. The van der Waals surface area contributed by atoms with Gasteiger partial charge in [-0.3, -0.25) is 0 Å². The van der Waals surface area contributed by atoms with Crippen LogP contribution in [-0.4, -0.2) is 28.1 Å². The van der Waals surface area contributed by atoms with Gasteiger partial charge in [0.2, 0.25) is 0 Å². The number of benzene rings is 1. The molecular weight excluding hydrogens is 316 g/mol. The summed E-state index contributed by atoms with van der Waals surface area (Å²) >= 11 is 3.59. The van der Waals surface area contributed by atoms with Crippen molar-refractivity contribution in [3.05, 3.63) is 40.9 Å². The first-order valence-electron chi connectivity index (χ1n) is 6.64. The van der Waals surface area contributed by atoms with Gasteiger partial charge in [0.25, 0.3) is 0 Å². The van der Waals surface area contributed by atoms with Crippen molar-refractivity contribution in [3.63, 3.8) is 0 Å². The molecule has 0 saturated carbocycles. The molecule has 3 aromatic rings. The Hall–Kier alpha value is -1.59. The summed E-state index contributed by atoms with van der Waals surface area (Å²) in [6.45, 7) is 0.912. The van der Waals surface area contributed by atoms with Crippen molar-refractivity contribution in [3.8, 4) is 11.3 Å². The standard InChI is InChI=1S/C15H17BrN4/c1-17-8-7-13-18-14(15(16)19-13)11-9-20(2)12-6-4-3-5-10(11)12/h3-6,9,17H,7-8H2,1-2H3,(H,18,19). The zero-order chi connectivity index (χ0) is 14.1. The summed E-state index contributed by atoms with van der Waals surface area (Å²) in [4.78, 5) is 8.03. The van der Waals surface area contributed by atoms with Gasteiger partial charge < -0.3 is 14.9 Å². The molecule has 0 bridgehead atoms. The Bertz CT molecular complexity index is 741. The van der Waals surface area contributed by atoms with Gasteiger partial charge in [-0.15, -0.1) is 0 Å². The van der Waals surface area contributed by atoms with E-state index in [0.717, 1.165) is 34.7 Å². The molecule has 0 aliphatic carbocycles. The Morgan fingerprint density at radius 2 is 2.15 bits per heavy atom. The molecule has 0 spiro atoms. The van der Waals surface area contributed by atoms with Crippen molar-refractivity contribution in [2.24, 2.45) is 7.05 Å². The summed E-state index contributed by atoms with van der Waals surface area (Å²) in [5.74, 6) is 0.995. The molecule has 104 valence electrons. The van der Waals surface area contributed by atoms with Crippen LogP contribution in [-0.2, 0) is 13.5 Å². The Kier molecular flexibility index (Phi) is 3.63. The van der Waals surface area contributed by atoms with Gasteiger partial charge in [-0.05, 0) is 29.0 Å². The third-order valence-corrected chi connectivity index (χ3v) is 4.05. The molecule has 0 fully saturated rings. The van der Waals surface area contributed by atoms with E-state index in [1.54, 1.807) is 0 Å². The number of nitrogens with one attached hydrogen (secondary N) is 2. The Labute approximate surface area is 126 Å². The van der Waals surface area contributed by atoms with Crippen LogP contribution in [0.25, 0.3) is 22.2 Å². The lowest BCUT2D eigenvalue weighted by Crippen LogP contribution is -2.11. The number of aryl methyl sites for hydroxylation is 1. The van der Waals surface area contributed by atoms with Crippen molar-refractivity contribution in [1.29, 1.82) is 0 Å². The number of para-hydroxylation sites is 1. The molecular formula is C15H17BrN4. The van der Waals surface area contributed by atoms with Crippen molar-refractivity contribution < 1.29 is 0 Å². The molecule has 2 N–H and O–H groups in total. The number of imidazole rings is 1. The maximum atomic E-state index is 4.73. The molecule has 4 nitrogen and oxygen atoms in total. The maximum Gasteiger partial charge on any atom is 0.110 e. The Morgan fingerprint density at radius 3 is 2.95 bits per heavy atom. The van der Waals surface area contributed by atoms with Gasteiger partial charge in [-0.2, -0.15) is 0 Å². The topological polar surface area (TPSA) is 45.6 Å². The smallest absolute Gasteiger partial charge is 0.110 e. The van der Waals surface area contributed by atoms with E-state index in [2.05, 4.69) is 68.3 Å². The van der Waals surface area contributed by atoms with Crippen molar-refractivity contribution in [1.82, 2.24) is 19.9 Å². The first-order chi connectivity index (χ1) is 9.70. The molecule has 2 heterocycles. The quantitative estimate of drug-likeness (QED) is 0.771. The van der Waals surface area contributed by atoms with Crippen LogP contribution in [0.2, 0.25) is 0 Å². The molecule has 0 unspecified atom stereocenters. The highest BCUT2D eigenvalue weighted by atomic mass is 79.9. The lowest BCUT2D eigenvalue weighted by Gasteiger charge is -1.95. The van der Waals surface area contributed by atoms with Crippen LogP contribution in [0.4, 0.5) is 0 Å². The molecule has 0 aliphatic rings. The zero-order valence-corrected chi connectivity index (χ0v) is 13.2. The number of aromatic nitrogens is 3. The predicted molar refractivity (Wildman–Crippen MR) is 85.8 cm³/mol. The van der Waals surface area contributed by atoms with Gasteiger partial charge >= 0.3 is 0 Å². The molecule has 0 aliphatic heterocycles. The molecule has 0 saturated heterocycles. The second kappa shape index (κ2) is 5.42. The van der Waals surface area contributed by atoms with E-state index in [1.165, 1.54) is 10.9 Å². The molecule has 20 heavy (non-hydrogen) atoms. The van der Waals surface area contributed by atoms with Gasteiger partial charge in [-0.25, -0.2) is 4.98 Å². The van der Waals surface area contributed by atoms with E-state index < -0.39 is 0 Å². The average Bonchev–Trinajstić information content (AvgIpc) is 2.98. The van der Waals surface area contributed by atoms with E-state index >= 15 is 0 Å². The third-order valence-electron chi connectivity index (χ3n) is 3.47. The van der Waals surface area contributed by atoms with Gasteiger partial charge in [-0.1, -0.05) is 18.2 Å². The molecule has 0 radical (unpaired) electrons.